The molecule has 0 unspecified atom stereocenters. The summed E-state index contributed by atoms with van der Waals surface area (Å²) in [5.74, 6) is 0.0343. The molecule has 0 atom stereocenters. The lowest BCUT2D eigenvalue weighted by molar-refractivity contribution is 0.612. The maximum Gasteiger partial charge on any atom is 0.166 e. The summed E-state index contributed by atoms with van der Waals surface area (Å²) in [6.07, 6.45) is 1.42. The highest BCUT2D eigenvalue weighted by Crippen LogP contribution is 2.15. The minimum atomic E-state index is -0.279. The van der Waals surface area contributed by atoms with E-state index in [1.807, 2.05) is 0 Å². The summed E-state index contributed by atoms with van der Waals surface area (Å²) < 4.78 is 13.2. The first-order valence-electron chi connectivity index (χ1n) is 4.12. The van der Waals surface area contributed by atoms with Gasteiger partial charge < -0.3 is 5.73 Å². The summed E-state index contributed by atoms with van der Waals surface area (Å²) >= 11 is 0. The average Bonchev–Trinajstić information content (AvgIpc) is 2.57. The van der Waals surface area contributed by atoms with Crippen molar-refractivity contribution in [1.82, 2.24) is 15.0 Å². The van der Waals surface area contributed by atoms with Gasteiger partial charge in [-0.05, 0) is 19.1 Å². The number of anilines is 1. The molecule has 0 aliphatic rings. The first-order chi connectivity index (χ1) is 6.68. The summed E-state index contributed by atoms with van der Waals surface area (Å²) in [5, 5.41) is 7.80. The number of aromatic nitrogens is 3. The lowest BCUT2D eigenvalue weighted by Gasteiger charge is -2.03. The van der Waals surface area contributed by atoms with Crippen molar-refractivity contribution >= 4 is 5.82 Å². The Morgan fingerprint density at radius 2 is 2.21 bits per heavy atom. The van der Waals surface area contributed by atoms with Crippen LogP contribution >= 0.6 is 0 Å². The molecule has 0 spiro atoms. The van der Waals surface area contributed by atoms with Gasteiger partial charge in [0.05, 0.1) is 11.9 Å². The molecule has 1 aromatic heterocycles. The topological polar surface area (TPSA) is 56.7 Å². The Kier molecular flexibility index (Phi) is 1.92. The maximum absolute atomic E-state index is 13.2. The molecule has 5 heteroatoms. The largest absolute Gasteiger partial charge is 0.381 e. The number of halogens is 1. The average molecular weight is 192 g/mol. The number of rotatable bonds is 1. The van der Waals surface area contributed by atoms with Gasteiger partial charge in [0, 0.05) is 5.56 Å². The number of hydrogen-bond donors (Lipinski definition) is 1. The number of hydrogen-bond acceptors (Lipinski definition) is 3. The zero-order valence-corrected chi connectivity index (χ0v) is 7.61. The zero-order valence-electron chi connectivity index (χ0n) is 7.61. The van der Waals surface area contributed by atoms with E-state index in [-0.39, 0.29) is 5.82 Å². The van der Waals surface area contributed by atoms with Crippen LogP contribution in [0.4, 0.5) is 10.2 Å². The molecule has 0 radical (unpaired) electrons. The standard InChI is InChI=1S/C9H9FN4/c1-6-7(10)3-2-4-8(6)14-12-5-9(11)13-14/h2-5H,1H3,(H2,11,13). The molecule has 1 aromatic carbocycles. The van der Waals surface area contributed by atoms with Crippen LogP contribution in [0.5, 0.6) is 0 Å². The summed E-state index contributed by atoms with van der Waals surface area (Å²) in [5.41, 5.74) is 6.52. The Bertz CT molecular complexity index is 464. The molecule has 0 amide bonds. The number of nitrogens with zero attached hydrogens (tertiary/aromatic N) is 3. The van der Waals surface area contributed by atoms with Crippen molar-refractivity contribution in [1.29, 1.82) is 0 Å². The number of nitrogens with two attached hydrogens (primary N) is 1. The molecule has 14 heavy (non-hydrogen) atoms. The normalized spacial score (nSPS) is 10.4. The Morgan fingerprint density at radius 1 is 1.43 bits per heavy atom. The third kappa shape index (κ3) is 1.32. The molecule has 2 rings (SSSR count). The summed E-state index contributed by atoms with van der Waals surface area (Å²) in [6, 6.07) is 4.74. The fourth-order valence-electron chi connectivity index (χ4n) is 1.20. The Morgan fingerprint density at radius 3 is 2.86 bits per heavy atom. The van der Waals surface area contributed by atoms with E-state index in [4.69, 9.17) is 5.73 Å². The van der Waals surface area contributed by atoms with E-state index in [9.17, 15) is 4.39 Å². The van der Waals surface area contributed by atoms with Crippen molar-refractivity contribution in [3.05, 3.63) is 35.8 Å². The van der Waals surface area contributed by atoms with Gasteiger partial charge in [-0.2, -0.15) is 5.10 Å². The van der Waals surface area contributed by atoms with E-state index in [1.54, 1.807) is 19.1 Å². The van der Waals surface area contributed by atoms with Gasteiger partial charge in [-0.25, -0.2) is 4.39 Å². The monoisotopic (exact) mass is 192 g/mol. The van der Waals surface area contributed by atoms with Crippen molar-refractivity contribution in [3.63, 3.8) is 0 Å². The van der Waals surface area contributed by atoms with Gasteiger partial charge in [-0.3, -0.25) is 0 Å². The smallest absolute Gasteiger partial charge is 0.166 e. The molecule has 0 saturated carbocycles. The van der Waals surface area contributed by atoms with Crippen molar-refractivity contribution in [2.45, 2.75) is 6.92 Å². The molecule has 2 aromatic rings. The van der Waals surface area contributed by atoms with Gasteiger partial charge in [0.2, 0.25) is 0 Å². The van der Waals surface area contributed by atoms with Crippen LogP contribution in [-0.4, -0.2) is 15.0 Å². The maximum atomic E-state index is 13.2. The molecule has 0 aliphatic heterocycles. The van der Waals surface area contributed by atoms with Crippen LogP contribution in [0.1, 0.15) is 5.56 Å². The fraction of sp³-hybridized carbons (Fsp3) is 0.111. The van der Waals surface area contributed by atoms with Gasteiger partial charge in [0.25, 0.3) is 0 Å². The van der Waals surface area contributed by atoms with Crippen molar-refractivity contribution < 1.29 is 4.39 Å². The van der Waals surface area contributed by atoms with Crippen LogP contribution in [0.3, 0.4) is 0 Å². The molecule has 0 bridgehead atoms. The van der Waals surface area contributed by atoms with E-state index >= 15 is 0 Å². The number of benzene rings is 1. The fourth-order valence-corrected chi connectivity index (χ4v) is 1.20. The summed E-state index contributed by atoms with van der Waals surface area (Å²) in [7, 11) is 0. The van der Waals surface area contributed by atoms with Gasteiger partial charge in [-0.1, -0.05) is 6.07 Å². The lowest BCUT2D eigenvalue weighted by atomic mass is 10.2. The zero-order chi connectivity index (χ0) is 10.1. The van der Waals surface area contributed by atoms with Gasteiger partial charge >= 0.3 is 0 Å². The predicted molar refractivity (Wildman–Crippen MR) is 50.5 cm³/mol. The second kappa shape index (κ2) is 3.10. The Hall–Kier alpha value is -1.91. The molecule has 0 saturated heterocycles. The van der Waals surface area contributed by atoms with Crippen LogP contribution in [0.25, 0.3) is 5.69 Å². The Balaban J connectivity index is 2.57. The van der Waals surface area contributed by atoms with Crippen molar-refractivity contribution in [2.75, 3.05) is 5.73 Å². The lowest BCUT2D eigenvalue weighted by Crippen LogP contribution is -2.02. The second-order valence-corrected chi connectivity index (χ2v) is 2.94. The molecule has 1 heterocycles. The van der Waals surface area contributed by atoms with E-state index in [0.717, 1.165) is 0 Å². The molecule has 2 N–H and O–H groups in total. The van der Waals surface area contributed by atoms with Crippen molar-refractivity contribution in [3.8, 4) is 5.69 Å². The minimum Gasteiger partial charge on any atom is -0.381 e. The third-order valence-corrected chi connectivity index (χ3v) is 1.96. The Labute approximate surface area is 80.2 Å². The molecule has 72 valence electrons. The SMILES string of the molecule is Cc1c(F)cccc1-n1ncc(N)n1. The second-order valence-electron chi connectivity index (χ2n) is 2.94. The highest BCUT2D eigenvalue weighted by atomic mass is 19.1. The highest BCUT2D eigenvalue weighted by molar-refractivity contribution is 5.40. The van der Waals surface area contributed by atoms with Crippen LogP contribution in [0.2, 0.25) is 0 Å². The predicted octanol–water partition coefficient (Wildman–Crippen LogP) is 1.30. The van der Waals surface area contributed by atoms with Crippen LogP contribution in [0.15, 0.2) is 24.4 Å². The van der Waals surface area contributed by atoms with E-state index in [1.165, 1.54) is 17.1 Å². The summed E-state index contributed by atoms with van der Waals surface area (Å²) in [6.45, 7) is 1.67. The van der Waals surface area contributed by atoms with Crippen LogP contribution in [0, 0.1) is 12.7 Å². The molecule has 4 nitrogen and oxygen atoms in total. The van der Waals surface area contributed by atoms with E-state index in [0.29, 0.717) is 17.1 Å². The van der Waals surface area contributed by atoms with Gasteiger partial charge in [-0.15, -0.1) is 9.90 Å². The van der Waals surface area contributed by atoms with Gasteiger partial charge in [0.1, 0.15) is 5.82 Å². The quantitative estimate of drug-likeness (QED) is 0.740. The van der Waals surface area contributed by atoms with Gasteiger partial charge in [0.15, 0.2) is 5.82 Å². The molecule has 0 fully saturated rings. The van der Waals surface area contributed by atoms with Crippen molar-refractivity contribution in [2.24, 2.45) is 0 Å². The summed E-state index contributed by atoms with van der Waals surface area (Å²) in [4.78, 5) is 1.31. The first kappa shape index (κ1) is 8.68. The molecule has 0 aliphatic carbocycles. The third-order valence-electron chi connectivity index (χ3n) is 1.96. The van der Waals surface area contributed by atoms with E-state index < -0.39 is 0 Å². The number of nitrogen functional groups attached to an aromatic ring is 1. The van der Waals surface area contributed by atoms with E-state index in [2.05, 4.69) is 10.2 Å². The molecular formula is C9H9FN4. The highest BCUT2D eigenvalue weighted by Gasteiger charge is 2.06. The minimum absolute atomic E-state index is 0.279. The van der Waals surface area contributed by atoms with Crippen LogP contribution in [-0.2, 0) is 0 Å². The molecular weight excluding hydrogens is 183 g/mol. The van der Waals surface area contributed by atoms with Crippen LogP contribution < -0.4 is 5.73 Å². The first-order valence-corrected chi connectivity index (χ1v) is 4.12.